The molecule has 94 valence electrons. The lowest BCUT2D eigenvalue weighted by Gasteiger charge is -2.42. The fraction of sp³-hybridized carbons (Fsp3) is 1.00. The maximum Gasteiger partial charge on any atom is 0.0252 e. The van der Waals surface area contributed by atoms with E-state index in [1.165, 1.54) is 51.6 Å². The van der Waals surface area contributed by atoms with Gasteiger partial charge in [0.2, 0.25) is 0 Å². The Kier molecular flexibility index (Phi) is 3.60. The average Bonchev–Trinajstić information content (AvgIpc) is 2.71. The fourth-order valence-corrected chi connectivity index (χ4v) is 3.43. The summed E-state index contributed by atoms with van der Waals surface area (Å²) >= 11 is 0. The minimum absolute atomic E-state index is 0.0141. The lowest BCUT2D eigenvalue weighted by atomic mass is 9.77. The van der Waals surface area contributed by atoms with Crippen LogP contribution >= 0.6 is 0 Å². The van der Waals surface area contributed by atoms with E-state index in [0.29, 0.717) is 0 Å². The van der Waals surface area contributed by atoms with Gasteiger partial charge in [0.15, 0.2) is 0 Å². The van der Waals surface area contributed by atoms with Gasteiger partial charge in [0, 0.05) is 12.1 Å². The van der Waals surface area contributed by atoms with E-state index >= 15 is 0 Å². The molecule has 1 atom stereocenters. The molecule has 2 N–H and O–H groups in total. The molecule has 0 amide bonds. The molecule has 1 spiro atoms. The van der Waals surface area contributed by atoms with Crippen molar-refractivity contribution in [3.8, 4) is 0 Å². The molecule has 2 nitrogen and oxygen atoms in total. The summed E-state index contributed by atoms with van der Waals surface area (Å²) < 4.78 is 0. The molecule has 0 aromatic heterocycles. The minimum Gasteiger partial charge on any atom is -0.324 e. The van der Waals surface area contributed by atoms with Gasteiger partial charge in [0.05, 0.1) is 0 Å². The third-order valence-corrected chi connectivity index (χ3v) is 4.97. The van der Waals surface area contributed by atoms with Crippen molar-refractivity contribution >= 4 is 0 Å². The minimum atomic E-state index is 0.0141. The molecule has 2 heteroatoms. The molecule has 16 heavy (non-hydrogen) atoms. The first-order valence-electron chi connectivity index (χ1n) is 7.07. The van der Waals surface area contributed by atoms with E-state index in [0.717, 1.165) is 18.4 Å². The number of nitrogens with zero attached hydrogens (tertiary/aromatic N) is 1. The van der Waals surface area contributed by atoms with Crippen molar-refractivity contribution in [3.63, 3.8) is 0 Å². The average molecular weight is 224 g/mol. The quantitative estimate of drug-likeness (QED) is 0.798. The first-order chi connectivity index (χ1) is 7.55. The molecule has 1 aliphatic heterocycles. The predicted molar refractivity (Wildman–Crippen MR) is 69.5 cm³/mol. The maximum atomic E-state index is 6.25. The monoisotopic (exact) mass is 224 g/mol. The number of hydrogen-bond acceptors (Lipinski definition) is 2. The topological polar surface area (TPSA) is 29.3 Å². The molecule has 0 aromatic rings. The van der Waals surface area contributed by atoms with Crippen molar-refractivity contribution in [1.82, 2.24) is 4.90 Å². The van der Waals surface area contributed by atoms with Crippen molar-refractivity contribution < 1.29 is 0 Å². The molecule has 1 unspecified atom stereocenters. The predicted octanol–water partition coefficient (Wildman–Crippen LogP) is 2.77. The van der Waals surface area contributed by atoms with Gasteiger partial charge in [-0.15, -0.1) is 0 Å². The van der Waals surface area contributed by atoms with E-state index in [1.807, 2.05) is 0 Å². The maximum absolute atomic E-state index is 6.25. The van der Waals surface area contributed by atoms with Gasteiger partial charge in [-0.2, -0.15) is 0 Å². The summed E-state index contributed by atoms with van der Waals surface area (Å²) in [5.41, 5.74) is 7.01. The van der Waals surface area contributed by atoms with Crippen LogP contribution in [0, 0.1) is 5.41 Å². The van der Waals surface area contributed by atoms with E-state index in [1.54, 1.807) is 0 Å². The SMILES string of the molecule is CCC(C)(N)CN1CCC2(CCCC2)CC1. The molecule has 2 aliphatic rings. The standard InChI is InChI=1S/C14H28N2/c1-3-13(2,15)12-16-10-8-14(9-11-16)6-4-5-7-14/h3-12,15H2,1-2H3. The van der Waals surface area contributed by atoms with Gasteiger partial charge in [-0.05, 0) is 57.5 Å². The van der Waals surface area contributed by atoms with Crippen molar-refractivity contribution in [2.75, 3.05) is 19.6 Å². The van der Waals surface area contributed by atoms with Crippen LogP contribution in [0.2, 0.25) is 0 Å². The van der Waals surface area contributed by atoms with E-state index in [4.69, 9.17) is 5.73 Å². The highest BCUT2D eigenvalue weighted by Crippen LogP contribution is 2.46. The zero-order valence-electron chi connectivity index (χ0n) is 11.1. The van der Waals surface area contributed by atoms with Crippen LogP contribution in [0.5, 0.6) is 0 Å². The highest BCUT2D eigenvalue weighted by molar-refractivity contribution is 4.91. The van der Waals surface area contributed by atoms with Crippen molar-refractivity contribution in [1.29, 1.82) is 0 Å². The smallest absolute Gasteiger partial charge is 0.0252 e. The first kappa shape index (κ1) is 12.4. The van der Waals surface area contributed by atoms with E-state index < -0.39 is 0 Å². The lowest BCUT2D eigenvalue weighted by molar-refractivity contribution is 0.0915. The second-order valence-corrected chi connectivity index (χ2v) is 6.49. The largest absolute Gasteiger partial charge is 0.324 e. The number of rotatable bonds is 3. The van der Waals surface area contributed by atoms with E-state index in [2.05, 4.69) is 18.7 Å². The van der Waals surface area contributed by atoms with Gasteiger partial charge in [-0.25, -0.2) is 0 Å². The van der Waals surface area contributed by atoms with Crippen LogP contribution in [-0.2, 0) is 0 Å². The molecular formula is C14H28N2. The lowest BCUT2D eigenvalue weighted by Crippen LogP contribution is -2.50. The highest BCUT2D eigenvalue weighted by Gasteiger charge is 2.37. The molecule has 0 aromatic carbocycles. The Labute approximate surface area is 101 Å². The molecule has 1 aliphatic carbocycles. The van der Waals surface area contributed by atoms with Crippen LogP contribution in [0.15, 0.2) is 0 Å². The Hall–Kier alpha value is -0.0800. The molecule has 1 heterocycles. The van der Waals surface area contributed by atoms with E-state index in [9.17, 15) is 0 Å². The van der Waals surface area contributed by atoms with Crippen molar-refractivity contribution in [2.45, 2.75) is 64.3 Å². The number of likely N-dealkylation sites (tertiary alicyclic amines) is 1. The molecule has 2 fully saturated rings. The Morgan fingerprint density at radius 3 is 2.19 bits per heavy atom. The summed E-state index contributed by atoms with van der Waals surface area (Å²) in [6, 6.07) is 0. The molecule has 1 saturated heterocycles. The second-order valence-electron chi connectivity index (χ2n) is 6.49. The van der Waals surface area contributed by atoms with Gasteiger partial charge < -0.3 is 10.6 Å². The number of hydrogen-bond donors (Lipinski definition) is 1. The zero-order valence-corrected chi connectivity index (χ0v) is 11.1. The molecular weight excluding hydrogens is 196 g/mol. The van der Waals surface area contributed by atoms with Crippen LogP contribution < -0.4 is 5.73 Å². The van der Waals surface area contributed by atoms with Crippen LogP contribution in [0.3, 0.4) is 0 Å². The summed E-state index contributed by atoms with van der Waals surface area (Å²) in [7, 11) is 0. The van der Waals surface area contributed by atoms with Crippen LogP contribution in [0.1, 0.15) is 58.8 Å². The zero-order chi connectivity index (χ0) is 11.6. The molecule has 0 radical (unpaired) electrons. The molecule has 1 saturated carbocycles. The van der Waals surface area contributed by atoms with Crippen molar-refractivity contribution in [2.24, 2.45) is 11.1 Å². The molecule has 2 rings (SSSR count). The van der Waals surface area contributed by atoms with Gasteiger partial charge in [-0.3, -0.25) is 0 Å². The Morgan fingerprint density at radius 1 is 1.12 bits per heavy atom. The van der Waals surface area contributed by atoms with Gasteiger partial charge in [-0.1, -0.05) is 19.8 Å². The van der Waals surface area contributed by atoms with Crippen molar-refractivity contribution in [3.05, 3.63) is 0 Å². The normalized spacial score (nSPS) is 29.4. The summed E-state index contributed by atoms with van der Waals surface area (Å²) in [4.78, 5) is 2.59. The first-order valence-corrected chi connectivity index (χ1v) is 7.07. The van der Waals surface area contributed by atoms with Gasteiger partial charge >= 0.3 is 0 Å². The summed E-state index contributed by atoms with van der Waals surface area (Å²) in [6.07, 6.45) is 9.87. The number of nitrogens with two attached hydrogens (primary N) is 1. The Bertz CT molecular complexity index is 219. The third-order valence-electron chi connectivity index (χ3n) is 4.97. The fourth-order valence-electron chi connectivity index (χ4n) is 3.43. The third kappa shape index (κ3) is 2.78. The summed E-state index contributed by atoms with van der Waals surface area (Å²) in [6.45, 7) is 8.04. The second kappa shape index (κ2) is 4.66. The van der Waals surface area contributed by atoms with E-state index in [-0.39, 0.29) is 5.54 Å². The van der Waals surface area contributed by atoms with Crippen LogP contribution in [0.4, 0.5) is 0 Å². The van der Waals surface area contributed by atoms with Crippen LogP contribution in [0.25, 0.3) is 0 Å². The molecule has 0 bridgehead atoms. The Morgan fingerprint density at radius 2 is 1.69 bits per heavy atom. The number of piperidine rings is 1. The Balaban J connectivity index is 1.81. The van der Waals surface area contributed by atoms with Crippen LogP contribution in [-0.4, -0.2) is 30.1 Å². The van der Waals surface area contributed by atoms with Gasteiger partial charge in [0.25, 0.3) is 0 Å². The summed E-state index contributed by atoms with van der Waals surface area (Å²) in [5, 5.41) is 0. The summed E-state index contributed by atoms with van der Waals surface area (Å²) in [5.74, 6) is 0. The highest BCUT2D eigenvalue weighted by atomic mass is 15.2. The van der Waals surface area contributed by atoms with Gasteiger partial charge in [0.1, 0.15) is 0 Å².